The molecular formula is C30H33N3O5. The second-order valence-corrected chi connectivity index (χ2v) is 9.71. The summed E-state index contributed by atoms with van der Waals surface area (Å²) in [6.07, 6.45) is 7.72. The highest BCUT2D eigenvalue weighted by molar-refractivity contribution is 5.91. The number of carbonyl (C=O) groups excluding carboxylic acids is 2. The van der Waals surface area contributed by atoms with Crippen molar-refractivity contribution >= 4 is 11.8 Å². The molecule has 1 aromatic heterocycles. The van der Waals surface area contributed by atoms with E-state index in [9.17, 15) is 9.59 Å². The van der Waals surface area contributed by atoms with Crippen molar-refractivity contribution in [3.63, 3.8) is 0 Å². The van der Waals surface area contributed by atoms with Crippen molar-refractivity contribution < 1.29 is 23.8 Å². The number of aromatic nitrogens is 1. The number of benzene rings is 2. The fourth-order valence-electron chi connectivity index (χ4n) is 5.10. The first-order valence-electron chi connectivity index (χ1n) is 13.1. The third-order valence-electron chi connectivity index (χ3n) is 7.09. The Morgan fingerprint density at radius 2 is 1.79 bits per heavy atom. The molecule has 8 heteroatoms. The number of pyridine rings is 1. The van der Waals surface area contributed by atoms with Crippen LogP contribution >= 0.6 is 0 Å². The predicted molar refractivity (Wildman–Crippen MR) is 142 cm³/mol. The van der Waals surface area contributed by atoms with E-state index >= 15 is 0 Å². The average molecular weight is 516 g/mol. The molecular weight excluding hydrogens is 482 g/mol. The molecule has 0 spiro atoms. The largest absolute Gasteiger partial charge is 0.497 e. The van der Waals surface area contributed by atoms with E-state index in [1.807, 2.05) is 36.4 Å². The van der Waals surface area contributed by atoms with Crippen LogP contribution in [0.4, 0.5) is 0 Å². The number of rotatable bonds is 8. The van der Waals surface area contributed by atoms with Gasteiger partial charge in [0.1, 0.15) is 18.4 Å². The number of hydrogen-bond acceptors (Lipinski definition) is 6. The van der Waals surface area contributed by atoms with Gasteiger partial charge in [0.15, 0.2) is 11.5 Å². The minimum atomic E-state index is -0.898. The van der Waals surface area contributed by atoms with Crippen LogP contribution in [0.3, 0.4) is 0 Å². The highest BCUT2D eigenvalue weighted by Crippen LogP contribution is 2.33. The molecule has 0 saturated heterocycles. The smallest absolute Gasteiger partial charge is 0.268 e. The lowest BCUT2D eigenvalue weighted by Crippen LogP contribution is -2.52. The van der Waals surface area contributed by atoms with E-state index in [4.69, 9.17) is 14.2 Å². The van der Waals surface area contributed by atoms with Crippen molar-refractivity contribution in [1.29, 1.82) is 0 Å². The van der Waals surface area contributed by atoms with Gasteiger partial charge in [0, 0.05) is 25.0 Å². The number of amides is 2. The van der Waals surface area contributed by atoms with Crippen molar-refractivity contribution in [2.75, 3.05) is 13.7 Å². The van der Waals surface area contributed by atoms with Gasteiger partial charge in [-0.15, -0.1) is 0 Å². The van der Waals surface area contributed by atoms with Crippen molar-refractivity contribution in [3.8, 4) is 17.2 Å². The Bertz CT molecular complexity index is 1230. The summed E-state index contributed by atoms with van der Waals surface area (Å²) in [6.45, 7) is 0.238. The zero-order valence-corrected chi connectivity index (χ0v) is 21.5. The summed E-state index contributed by atoms with van der Waals surface area (Å²) in [7, 11) is 1.60. The van der Waals surface area contributed by atoms with Gasteiger partial charge in [-0.25, -0.2) is 0 Å². The number of fused-ring (bicyclic) bond motifs is 1. The Balaban J connectivity index is 1.50. The van der Waals surface area contributed by atoms with Crippen LogP contribution in [0.15, 0.2) is 73.1 Å². The number of methoxy groups -OCH3 is 1. The van der Waals surface area contributed by atoms with Crippen molar-refractivity contribution in [2.45, 2.75) is 56.8 Å². The molecule has 2 unspecified atom stereocenters. The Morgan fingerprint density at radius 3 is 2.50 bits per heavy atom. The van der Waals surface area contributed by atoms with Crippen LogP contribution in [0.5, 0.6) is 17.2 Å². The minimum Gasteiger partial charge on any atom is -0.497 e. The zero-order chi connectivity index (χ0) is 26.3. The van der Waals surface area contributed by atoms with Crippen LogP contribution in [-0.2, 0) is 16.1 Å². The van der Waals surface area contributed by atoms with Gasteiger partial charge in [0.05, 0.1) is 7.11 Å². The van der Waals surface area contributed by atoms with E-state index in [1.54, 1.807) is 48.7 Å². The summed E-state index contributed by atoms with van der Waals surface area (Å²) < 4.78 is 17.3. The maximum absolute atomic E-state index is 14.1. The summed E-state index contributed by atoms with van der Waals surface area (Å²) in [6, 6.07) is 17.5. The quantitative estimate of drug-likeness (QED) is 0.477. The van der Waals surface area contributed by atoms with Crippen molar-refractivity contribution in [3.05, 3.63) is 84.2 Å². The van der Waals surface area contributed by atoms with Gasteiger partial charge in [-0.1, -0.05) is 49.6 Å². The SMILES string of the molecule is COc1ccc(C(C(=O)NC2CCCCC2)N(Cc2cccnc2)C(=O)C2COc3ccccc3O2)cc1. The predicted octanol–water partition coefficient (Wildman–Crippen LogP) is 4.45. The third-order valence-corrected chi connectivity index (χ3v) is 7.09. The molecule has 2 aromatic carbocycles. The third kappa shape index (κ3) is 5.90. The molecule has 2 aliphatic rings. The van der Waals surface area contributed by atoms with Crippen LogP contribution in [0.1, 0.15) is 49.3 Å². The number of para-hydroxylation sites is 2. The maximum atomic E-state index is 14.1. The molecule has 38 heavy (non-hydrogen) atoms. The molecule has 0 bridgehead atoms. The van der Waals surface area contributed by atoms with E-state index in [0.717, 1.165) is 31.2 Å². The molecule has 2 atom stereocenters. The van der Waals surface area contributed by atoms with Crippen LogP contribution in [0.25, 0.3) is 0 Å². The molecule has 3 aromatic rings. The Kier molecular flexibility index (Phi) is 8.06. The van der Waals surface area contributed by atoms with E-state index < -0.39 is 12.1 Å². The van der Waals surface area contributed by atoms with E-state index in [1.165, 1.54) is 6.42 Å². The van der Waals surface area contributed by atoms with E-state index in [0.29, 0.717) is 22.8 Å². The van der Waals surface area contributed by atoms with Crippen LogP contribution in [-0.4, -0.2) is 47.6 Å². The zero-order valence-electron chi connectivity index (χ0n) is 21.5. The van der Waals surface area contributed by atoms with Gasteiger partial charge in [-0.3, -0.25) is 14.6 Å². The average Bonchev–Trinajstić information content (AvgIpc) is 2.97. The number of nitrogens with one attached hydrogen (secondary N) is 1. The second kappa shape index (κ2) is 12.0. The van der Waals surface area contributed by atoms with Crippen LogP contribution in [0.2, 0.25) is 0 Å². The fraction of sp³-hybridized carbons (Fsp3) is 0.367. The Hall–Kier alpha value is -4.07. The summed E-state index contributed by atoms with van der Waals surface area (Å²) in [5.41, 5.74) is 1.50. The summed E-state index contributed by atoms with van der Waals surface area (Å²) in [5, 5.41) is 3.23. The minimum absolute atomic E-state index is 0.0545. The van der Waals surface area contributed by atoms with Crippen molar-refractivity contribution in [2.24, 2.45) is 0 Å². The van der Waals surface area contributed by atoms with Crippen molar-refractivity contribution in [1.82, 2.24) is 15.2 Å². The van der Waals surface area contributed by atoms with Crippen LogP contribution < -0.4 is 19.5 Å². The molecule has 1 saturated carbocycles. The second-order valence-electron chi connectivity index (χ2n) is 9.71. The summed E-state index contributed by atoms with van der Waals surface area (Å²) >= 11 is 0. The highest BCUT2D eigenvalue weighted by Gasteiger charge is 2.38. The molecule has 8 nitrogen and oxygen atoms in total. The first kappa shape index (κ1) is 25.6. The highest BCUT2D eigenvalue weighted by atomic mass is 16.6. The number of hydrogen-bond donors (Lipinski definition) is 1. The molecule has 2 amide bonds. The lowest BCUT2D eigenvalue weighted by Gasteiger charge is -2.36. The molecule has 1 N–H and O–H groups in total. The lowest BCUT2D eigenvalue weighted by molar-refractivity contribution is -0.149. The van der Waals surface area contributed by atoms with Gasteiger partial charge < -0.3 is 24.4 Å². The maximum Gasteiger partial charge on any atom is 0.268 e. The van der Waals surface area contributed by atoms with Gasteiger partial charge in [0.2, 0.25) is 12.0 Å². The van der Waals surface area contributed by atoms with Gasteiger partial charge in [0.25, 0.3) is 5.91 Å². The standard InChI is InChI=1S/C30H33N3O5/c1-36-24-15-13-22(14-16-24)28(29(34)32-23-9-3-2-4-10-23)33(19-21-8-7-17-31-18-21)30(35)27-20-37-25-11-5-6-12-26(25)38-27/h5-8,11-18,23,27-28H,2-4,9-10,19-20H2,1H3,(H,32,34). The topological polar surface area (TPSA) is 90.0 Å². The monoisotopic (exact) mass is 515 g/mol. The van der Waals surface area contributed by atoms with Gasteiger partial charge >= 0.3 is 0 Å². The summed E-state index contributed by atoms with van der Waals surface area (Å²) in [5.74, 6) is 1.23. The number of carbonyl (C=O) groups is 2. The van der Waals surface area contributed by atoms with Gasteiger partial charge in [-0.2, -0.15) is 0 Å². The first-order valence-corrected chi connectivity index (χ1v) is 13.1. The molecule has 198 valence electrons. The number of nitrogens with zero attached hydrogens (tertiary/aromatic N) is 2. The molecule has 0 radical (unpaired) electrons. The van der Waals surface area contributed by atoms with E-state index in [-0.39, 0.29) is 31.0 Å². The molecule has 5 rings (SSSR count). The van der Waals surface area contributed by atoms with Crippen LogP contribution in [0, 0.1) is 0 Å². The molecule has 2 heterocycles. The number of ether oxygens (including phenoxy) is 3. The Morgan fingerprint density at radius 1 is 1.03 bits per heavy atom. The molecule has 1 fully saturated rings. The normalized spacial score (nSPS) is 17.8. The van der Waals surface area contributed by atoms with Gasteiger partial charge in [-0.05, 0) is 54.3 Å². The molecule has 1 aliphatic heterocycles. The van der Waals surface area contributed by atoms with E-state index in [2.05, 4.69) is 10.3 Å². The fourth-order valence-corrected chi connectivity index (χ4v) is 5.10. The summed E-state index contributed by atoms with van der Waals surface area (Å²) in [4.78, 5) is 33.9. The molecule has 1 aliphatic carbocycles. The Labute approximate surface area is 222 Å². The lowest BCUT2D eigenvalue weighted by atomic mass is 9.94. The first-order chi connectivity index (χ1) is 18.6.